The maximum Gasteiger partial charge on any atom is 0.159 e. The van der Waals surface area contributed by atoms with E-state index < -0.39 is 23.6 Å². The minimum absolute atomic E-state index is 0.181. The first-order valence-corrected chi connectivity index (χ1v) is 7.11. The van der Waals surface area contributed by atoms with E-state index >= 15 is 0 Å². The second-order valence-corrected chi connectivity index (χ2v) is 5.31. The molecular weight excluding hydrogens is 305 g/mol. The lowest BCUT2D eigenvalue weighted by atomic mass is 10.0. The number of nitrogens with one attached hydrogen (secondary N) is 1. The summed E-state index contributed by atoms with van der Waals surface area (Å²) in [6.45, 7) is 0.449. The summed E-state index contributed by atoms with van der Waals surface area (Å²) in [5.74, 6) is -2.34. The molecule has 0 saturated carbocycles. The molecule has 0 aromatic heterocycles. The number of benzene rings is 2. The van der Waals surface area contributed by atoms with Crippen LogP contribution in [0.2, 0.25) is 0 Å². The molecule has 118 valence electrons. The molecule has 2 aromatic carbocycles. The minimum atomic E-state index is -0.934. The fourth-order valence-corrected chi connectivity index (χ4v) is 2.69. The molecule has 1 aliphatic heterocycles. The van der Waals surface area contributed by atoms with Gasteiger partial charge < -0.3 is 10.1 Å². The molecule has 1 N–H and O–H groups in total. The van der Waals surface area contributed by atoms with Crippen molar-refractivity contribution in [1.29, 1.82) is 5.26 Å². The molecule has 2 aromatic rings. The van der Waals surface area contributed by atoms with E-state index in [2.05, 4.69) is 5.32 Å². The Morgan fingerprint density at radius 3 is 2.65 bits per heavy atom. The summed E-state index contributed by atoms with van der Waals surface area (Å²) in [6.07, 6.45) is 0.160. The van der Waals surface area contributed by atoms with Crippen LogP contribution in [0.1, 0.15) is 23.7 Å². The molecule has 0 spiro atoms. The molecule has 23 heavy (non-hydrogen) atoms. The molecule has 3 nitrogen and oxygen atoms in total. The van der Waals surface area contributed by atoms with E-state index in [1.54, 1.807) is 0 Å². The van der Waals surface area contributed by atoms with Gasteiger partial charge in [0.25, 0.3) is 0 Å². The maximum atomic E-state index is 13.4. The number of nitrogens with zero attached hydrogens (tertiary/aromatic N) is 1. The molecule has 2 atom stereocenters. The fraction of sp³-hybridized carbons (Fsp3) is 0.235. The van der Waals surface area contributed by atoms with E-state index in [0.29, 0.717) is 24.3 Å². The SMILES string of the molecule is N#Cc1cc(F)ccc1NC1CCOC1c1ccc(F)c(F)c1. The quantitative estimate of drug-likeness (QED) is 0.933. The Hall–Kier alpha value is -2.52. The summed E-state index contributed by atoms with van der Waals surface area (Å²) >= 11 is 0. The van der Waals surface area contributed by atoms with E-state index in [1.165, 1.54) is 18.2 Å². The number of nitriles is 1. The maximum absolute atomic E-state index is 13.4. The van der Waals surface area contributed by atoms with Crippen molar-refractivity contribution in [3.8, 4) is 6.07 Å². The second kappa shape index (κ2) is 6.31. The van der Waals surface area contributed by atoms with Gasteiger partial charge in [-0.25, -0.2) is 13.2 Å². The zero-order valence-corrected chi connectivity index (χ0v) is 12.0. The van der Waals surface area contributed by atoms with Gasteiger partial charge in [0, 0.05) is 6.61 Å². The highest BCUT2D eigenvalue weighted by Gasteiger charge is 2.30. The van der Waals surface area contributed by atoms with Crippen LogP contribution in [0, 0.1) is 28.8 Å². The lowest BCUT2D eigenvalue weighted by Crippen LogP contribution is -2.24. The summed E-state index contributed by atoms with van der Waals surface area (Å²) in [4.78, 5) is 0. The highest BCUT2D eigenvalue weighted by Crippen LogP contribution is 2.33. The van der Waals surface area contributed by atoms with Crippen molar-refractivity contribution in [2.24, 2.45) is 0 Å². The average molecular weight is 318 g/mol. The Labute approximate surface area is 131 Å². The minimum Gasteiger partial charge on any atom is -0.378 e. The molecule has 6 heteroatoms. The zero-order chi connectivity index (χ0) is 16.4. The first-order valence-electron chi connectivity index (χ1n) is 7.11. The summed E-state index contributed by atoms with van der Waals surface area (Å²) in [5, 5.41) is 12.2. The van der Waals surface area contributed by atoms with Gasteiger partial charge >= 0.3 is 0 Å². The van der Waals surface area contributed by atoms with Crippen LogP contribution in [0.25, 0.3) is 0 Å². The normalized spacial score (nSPS) is 20.3. The molecule has 1 heterocycles. The van der Waals surface area contributed by atoms with E-state index in [9.17, 15) is 13.2 Å². The first-order chi connectivity index (χ1) is 11.1. The van der Waals surface area contributed by atoms with Crippen LogP contribution >= 0.6 is 0 Å². The van der Waals surface area contributed by atoms with Crippen LogP contribution < -0.4 is 5.32 Å². The molecule has 0 amide bonds. The van der Waals surface area contributed by atoms with Crippen molar-refractivity contribution in [3.63, 3.8) is 0 Å². The fourth-order valence-electron chi connectivity index (χ4n) is 2.69. The smallest absolute Gasteiger partial charge is 0.159 e. The van der Waals surface area contributed by atoms with Crippen LogP contribution in [-0.2, 0) is 4.74 Å². The van der Waals surface area contributed by atoms with Crippen molar-refractivity contribution < 1.29 is 17.9 Å². The van der Waals surface area contributed by atoms with Gasteiger partial charge in [-0.2, -0.15) is 5.26 Å². The third kappa shape index (κ3) is 3.15. The summed E-state index contributed by atoms with van der Waals surface area (Å²) in [6, 6.07) is 9.22. The van der Waals surface area contributed by atoms with E-state index in [0.717, 1.165) is 18.2 Å². The van der Waals surface area contributed by atoms with Crippen molar-refractivity contribution >= 4 is 5.69 Å². The number of ether oxygens (including phenoxy) is 1. The van der Waals surface area contributed by atoms with Gasteiger partial charge in [0.1, 0.15) is 18.0 Å². The van der Waals surface area contributed by atoms with Crippen LogP contribution in [-0.4, -0.2) is 12.6 Å². The van der Waals surface area contributed by atoms with Gasteiger partial charge in [-0.15, -0.1) is 0 Å². The van der Waals surface area contributed by atoms with Crippen LogP contribution in [0.4, 0.5) is 18.9 Å². The predicted octanol–water partition coefficient (Wildman–Crippen LogP) is 3.92. The van der Waals surface area contributed by atoms with Gasteiger partial charge in [-0.1, -0.05) is 6.07 Å². The molecule has 1 saturated heterocycles. The number of hydrogen-bond donors (Lipinski definition) is 1. The van der Waals surface area contributed by atoms with Gasteiger partial charge in [-0.05, 0) is 42.3 Å². The van der Waals surface area contributed by atoms with E-state index in [-0.39, 0.29) is 11.6 Å². The Morgan fingerprint density at radius 2 is 1.91 bits per heavy atom. The first kappa shape index (κ1) is 15.4. The highest BCUT2D eigenvalue weighted by atomic mass is 19.2. The molecule has 2 unspecified atom stereocenters. The van der Waals surface area contributed by atoms with Crippen LogP contribution in [0.3, 0.4) is 0 Å². The monoisotopic (exact) mass is 318 g/mol. The molecule has 0 bridgehead atoms. The molecular formula is C17H13F3N2O. The van der Waals surface area contributed by atoms with Gasteiger partial charge in [-0.3, -0.25) is 0 Å². The average Bonchev–Trinajstić information content (AvgIpc) is 3.00. The Morgan fingerprint density at radius 1 is 1.09 bits per heavy atom. The topological polar surface area (TPSA) is 45.0 Å². The highest BCUT2D eigenvalue weighted by molar-refractivity contribution is 5.58. The number of anilines is 1. The van der Waals surface area contributed by atoms with Gasteiger partial charge in [0.15, 0.2) is 11.6 Å². The van der Waals surface area contributed by atoms with Crippen LogP contribution in [0.5, 0.6) is 0 Å². The van der Waals surface area contributed by atoms with Crippen LogP contribution in [0.15, 0.2) is 36.4 Å². The molecule has 3 rings (SSSR count). The van der Waals surface area contributed by atoms with Gasteiger partial charge in [0.2, 0.25) is 0 Å². The summed E-state index contributed by atoms with van der Waals surface area (Å²) in [7, 11) is 0. The number of halogens is 3. The lowest BCUT2D eigenvalue weighted by molar-refractivity contribution is 0.107. The standard InChI is InChI=1S/C17H13F3N2O/c18-12-2-4-15(11(7-12)9-21)22-16-5-6-23-17(16)10-1-3-13(19)14(20)8-10/h1-4,7-8,16-17,22H,5-6H2. The van der Waals surface area contributed by atoms with Crippen molar-refractivity contribution in [2.75, 3.05) is 11.9 Å². The third-order valence-corrected chi connectivity index (χ3v) is 3.81. The Balaban J connectivity index is 1.85. The van der Waals surface area contributed by atoms with E-state index in [1.807, 2.05) is 6.07 Å². The largest absolute Gasteiger partial charge is 0.378 e. The lowest BCUT2D eigenvalue weighted by Gasteiger charge is -2.22. The van der Waals surface area contributed by atoms with Crippen molar-refractivity contribution in [2.45, 2.75) is 18.6 Å². The molecule has 0 aliphatic carbocycles. The number of hydrogen-bond acceptors (Lipinski definition) is 3. The summed E-state index contributed by atoms with van der Waals surface area (Å²) in [5.41, 5.74) is 1.18. The molecule has 1 fully saturated rings. The molecule has 1 aliphatic rings. The Bertz CT molecular complexity index is 773. The Kier molecular flexibility index (Phi) is 4.22. The van der Waals surface area contributed by atoms with Crippen molar-refractivity contribution in [1.82, 2.24) is 0 Å². The zero-order valence-electron chi connectivity index (χ0n) is 12.0. The summed E-state index contributed by atoms with van der Waals surface area (Å²) < 4.78 is 45.3. The second-order valence-electron chi connectivity index (χ2n) is 5.31. The van der Waals surface area contributed by atoms with Crippen molar-refractivity contribution in [3.05, 3.63) is 65.0 Å². The van der Waals surface area contributed by atoms with Gasteiger partial charge in [0.05, 0.1) is 17.3 Å². The third-order valence-electron chi connectivity index (χ3n) is 3.81. The number of rotatable bonds is 3. The van der Waals surface area contributed by atoms with E-state index in [4.69, 9.17) is 10.00 Å². The predicted molar refractivity (Wildman–Crippen MR) is 78.2 cm³/mol. The molecule has 0 radical (unpaired) electrons.